The summed E-state index contributed by atoms with van der Waals surface area (Å²) in [4.78, 5) is 32.3. The molecule has 0 saturated heterocycles. The van der Waals surface area contributed by atoms with Gasteiger partial charge in [-0.15, -0.1) is 0 Å². The molecule has 0 saturated carbocycles. The lowest BCUT2D eigenvalue weighted by atomic mass is 10.3. The van der Waals surface area contributed by atoms with Crippen LogP contribution in [0.1, 0.15) is 13.3 Å². The van der Waals surface area contributed by atoms with Crippen LogP contribution in [-0.4, -0.2) is 51.4 Å². The van der Waals surface area contributed by atoms with E-state index in [2.05, 4.69) is 9.47 Å². The Labute approximate surface area is 99.0 Å². The third-order valence-electron chi connectivity index (χ3n) is 1.48. The van der Waals surface area contributed by atoms with Crippen molar-refractivity contribution in [3.05, 3.63) is 0 Å². The van der Waals surface area contributed by atoms with Crippen LogP contribution in [-0.2, 0) is 33.3 Å². The molecular formula is C10H16O7. The zero-order valence-electron chi connectivity index (χ0n) is 9.89. The minimum absolute atomic E-state index is 0.242. The summed E-state index contributed by atoms with van der Waals surface area (Å²) >= 11 is 0. The molecule has 17 heavy (non-hydrogen) atoms. The molecule has 0 aromatic carbocycles. The predicted octanol–water partition coefficient (Wildman–Crippen LogP) is -0.328. The summed E-state index contributed by atoms with van der Waals surface area (Å²) in [5.74, 6) is -1.70. The number of Topliss-reactive ketones (excluding diaryl/α,β-unsaturated/α-hetero) is 1. The second kappa shape index (κ2) is 9.73. The fourth-order valence-corrected chi connectivity index (χ4v) is 0.755. The van der Waals surface area contributed by atoms with Gasteiger partial charge in [-0.25, -0.2) is 4.79 Å². The highest BCUT2D eigenvalue weighted by atomic mass is 16.7. The number of methoxy groups -OCH3 is 1. The van der Waals surface area contributed by atoms with E-state index in [9.17, 15) is 14.4 Å². The van der Waals surface area contributed by atoms with Gasteiger partial charge in [-0.05, 0) is 6.92 Å². The van der Waals surface area contributed by atoms with Gasteiger partial charge in [-0.3, -0.25) is 9.59 Å². The smallest absolute Gasteiger partial charge is 0.334 e. The van der Waals surface area contributed by atoms with E-state index in [1.54, 1.807) is 0 Å². The highest BCUT2D eigenvalue weighted by Crippen LogP contribution is 1.90. The standard InChI is InChI=1S/C10H16O7/c1-8(11)5-9(12)16-7-17-10(13)6-15-4-3-14-2/h3-7H2,1-2H3. The minimum Gasteiger partial charge on any atom is -0.428 e. The molecule has 0 aromatic heterocycles. The number of hydrogen-bond donors (Lipinski definition) is 0. The topological polar surface area (TPSA) is 88.1 Å². The van der Waals surface area contributed by atoms with Crippen molar-refractivity contribution in [2.45, 2.75) is 13.3 Å². The van der Waals surface area contributed by atoms with Crippen LogP contribution in [0.5, 0.6) is 0 Å². The van der Waals surface area contributed by atoms with E-state index in [1.165, 1.54) is 14.0 Å². The Morgan fingerprint density at radius 1 is 1.00 bits per heavy atom. The quantitative estimate of drug-likeness (QED) is 0.239. The van der Waals surface area contributed by atoms with Gasteiger partial charge in [0.2, 0.25) is 6.79 Å². The Hall–Kier alpha value is -1.47. The summed E-state index contributed by atoms with van der Waals surface area (Å²) in [5.41, 5.74) is 0. The van der Waals surface area contributed by atoms with Gasteiger partial charge in [-0.1, -0.05) is 0 Å². The molecule has 0 aliphatic heterocycles. The van der Waals surface area contributed by atoms with Crippen molar-refractivity contribution in [3.63, 3.8) is 0 Å². The molecule has 0 rings (SSSR count). The molecule has 0 bridgehead atoms. The van der Waals surface area contributed by atoms with Crippen LogP contribution in [0.15, 0.2) is 0 Å². The van der Waals surface area contributed by atoms with E-state index < -0.39 is 18.7 Å². The fraction of sp³-hybridized carbons (Fsp3) is 0.700. The molecule has 0 fully saturated rings. The number of hydrogen-bond acceptors (Lipinski definition) is 7. The van der Waals surface area contributed by atoms with E-state index in [0.29, 0.717) is 6.61 Å². The van der Waals surface area contributed by atoms with Crippen molar-refractivity contribution in [2.75, 3.05) is 33.7 Å². The molecule has 0 N–H and O–H groups in total. The van der Waals surface area contributed by atoms with Crippen molar-refractivity contribution in [3.8, 4) is 0 Å². The first-order chi connectivity index (χ1) is 8.06. The van der Waals surface area contributed by atoms with Crippen molar-refractivity contribution < 1.29 is 33.3 Å². The first-order valence-corrected chi connectivity index (χ1v) is 4.93. The molecular weight excluding hydrogens is 232 g/mol. The summed E-state index contributed by atoms with van der Waals surface area (Å²) < 4.78 is 18.5. The van der Waals surface area contributed by atoms with Crippen LogP contribution in [0.2, 0.25) is 0 Å². The van der Waals surface area contributed by atoms with Gasteiger partial charge in [0.05, 0.1) is 13.2 Å². The van der Waals surface area contributed by atoms with Crippen molar-refractivity contribution in [2.24, 2.45) is 0 Å². The molecule has 7 heteroatoms. The Bertz CT molecular complexity index is 261. The number of carbonyl (C=O) groups is 3. The third kappa shape index (κ3) is 10.8. The molecule has 0 radical (unpaired) electrons. The van der Waals surface area contributed by atoms with Crippen molar-refractivity contribution >= 4 is 17.7 Å². The van der Waals surface area contributed by atoms with E-state index >= 15 is 0 Å². The Kier molecular flexibility index (Phi) is 8.89. The molecule has 0 aromatic rings. The summed E-state index contributed by atoms with van der Waals surface area (Å²) in [5, 5.41) is 0. The van der Waals surface area contributed by atoms with Gasteiger partial charge >= 0.3 is 11.9 Å². The molecule has 0 spiro atoms. The SMILES string of the molecule is COCCOCC(=O)OCOC(=O)CC(C)=O. The first-order valence-electron chi connectivity index (χ1n) is 4.93. The number of rotatable bonds is 9. The van der Waals surface area contributed by atoms with Gasteiger partial charge < -0.3 is 18.9 Å². The molecule has 0 amide bonds. The average Bonchev–Trinajstić information content (AvgIpc) is 2.23. The van der Waals surface area contributed by atoms with Gasteiger partial charge in [0.15, 0.2) is 0 Å². The summed E-state index contributed by atoms with van der Waals surface area (Å²) in [6, 6.07) is 0. The lowest BCUT2D eigenvalue weighted by Crippen LogP contribution is -2.18. The number of ketones is 1. The van der Waals surface area contributed by atoms with Crippen LogP contribution in [0.25, 0.3) is 0 Å². The van der Waals surface area contributed by atoms with Gasteiger partial charge in [-0.2, -0.15) is 0 Å². The van der Waals surface area contributed by atoms with E-state index in [-0.39, 0.29) is 25.4 Å². The number of esters is 2. The number of carbonyl (C=O) groups excluding carboxylic acids is 3. The van der Waals surface area contributed by atoms with Crippen LogP contribution >= 0.6 is 0 Å². The largest absolute Gasteiger partial charge is 0.428 e. The highest BCUT2D eigenvalue weighted by Gasteiger charge is 2.08. The maximum absolute atomic E-state index is 11.0. The second-order valence-electron chi connectivity index (χ2n) is 3.07. The zero-order valence-corrected chi connectivity index (χ0v) is 9.89. The van der Waals surface area contributed by atoms with Crippen LogP contribution in [0.3, 0.4) is 0 Å². The summed E-state index contributed by atoms with van der Waals surface area (Å²) in [6.45, 7) is 1.15. The molecule has 0 aliphatic rings. The molecule has 0 unspecified atom stereocenters. The Balaban J connectivity index is 3.44. The predicted molar refractivity (Wildman–Crippen MR) is 55.0 cm³/mol. The van der Waals surface area contributed by atoms with Gasteiger partial charge in [0, 0.05) is 7.11 Å². The third-order valence-corrected chi connectivity index (χ3v) is 1.48. The normalized spacial score (nSPS) is 9.76. The first kappa shape index (κ1) is 15.5. The summed E-state index contributed by atoms with van der Waals surface area (Å²) in [7, 11) is 1.51. The zero-order chi connectivity index (χ0) is 13.1. The van der Waals surface area contributed by atoms with Crippen LogP contribution in [0, 0.1) is 0 Å². The van der Waals surface area contributed by atoms with Crippen LogP contribution < -0.4 is 0 Å². The lowest BCUT2D eigenvalue weighted by molar-refractivity contribution is -0.170. The Morgan fingerprint density at radius 2 is 1.65 bits per heavy atom. The van der Waals surface area contributed by atoms with Gasteiger partial charge in [0.1, 0.15) is 18.8 Å². The average molecular weight is 248 g/mol. The van der Waals surface area contributed by atoms with Crippen LogP contribution in [0.4, 0.5) is 0 Å². The molecule has 0 atom stereocenters. The fourth-order valence-electron chi connectivity index (χ4n) is 0.755. The monoisotopic (exact) mass is 248 g/mol. The second-order valence-corrected chi connectivity index (χ2v) is 3.07. The summed E-state index contributed by atoms with van der Waals surface area (Å²) in [6.07, 6.45) is -0.331. The van der Waals surface area contributed by atoms with Crippen molar-refractivity contribution in [1.82, 2.24) is 0 Å². The van der Waals surface area contributed by atoms with E-state index in [0.717, 1.165) is 0 Å². The maximum atomic E-state index is 11.0. The van der Waals surface area contributed by atoms with Gasteiger partial charge in [0.25, 0.3) is 0 Å². The molecule has 98 valence electrons. The minimum atomic E-state index is -0.731. The van der Waals surface area contributed by atoms with E-state index in [1.807, 2.05) is 0 Å². The highest BCUT2D eigenvalue weighted by molar-refractivity contribution is 5.94. The lowest BCUT2D eigenvalue weighted by Gasteiger charge is -2.06. The van der Waals surface area contributed by atoms with E-state index in [4.69, 9.17) is 9.47 Å². The molecule has 0 heterocycles. The number of ether oxygens (including phenoxy) is 4. The maximum Gasteiger partial charge on any atom is 0.334 e. The molecule has 7 nitrogen and oxygen atoms in total. The van der Waals surface area contributed by atoms with Crippen molar-refractivity contribution in [1.29, 1.82) is 0 Å². The molecule has 0 aliphatic carbocycles. The Morgan fingerprint density at radius 3 is 2.24 bits per heavy atom.